The fraction of sp³-hybridized carbons (Fsp3) is 0.486. The van der Waals surface area contributed by atoms with Gasteiger partial charge in [0.25, 0.3) is 5.91 Å². The molecule has 12 heteroatoms. The molecule has 4 aromatic rings. The van der Waals surface area contributed by atoms with Crippen LogP contribution in [0.5, 0.6) is 0 Å². The number of carbonyl (C=O) groups excluding carboxylic acids is 1. The molecule has 0 bridgehead atoms. The summed E-state index contributed by atoms with van der Waals surface area (Å²) in [4.78, 5) is 31.9. The van der Waals surface area contributed by atoms with Gasteiger partial charge in [0.2, 0.25) is 0 Å². The molecule has 2 aliphatic rings. The molecule has 1 aliphatic carbocycles. The molecule has 1 aliphatic heterocycles. The smallest absolute Gasteiger partial charge is 0.416 e. The summed E-state index contributed by atoms with van der Waals surface area (Å²) in [6.07, 6.45) is 8.72. The summed E-state index contributed by atoms with van der Waals surface area (Å²) in [7, 11) is 0. The number of nitrogens with one attached hydrogen (secondary N) is 2. The number of likely N-dealkylation sites (tertiary alicyclic amines) is 1. The predicted octanol–water partition coefficient (Wildman–Crippen LogP) is 5.73. The van der Waals surface area contributed by atoms with Crippen molar-refractivity contribution in [1.29, 1.82) is 0 Å². The number of fused-ring (bicyclic) bond motifs is 1. The highest BCUT2D eigenvalue weighted by Crippen LogP contribution is 2.45. The summed E-state index contributed by atoms with van der Waals surface area (Å²) in [5, 5.41) is 7.88. The summed E-state index contributed by atoms with van der Waals surface area (Å²) in [5.41, 5.74) is -0.524. The van der Waals surface area contributed by atoms with Gasteiger partial charge in [0, 0.05) is 48.4 Å². The maximum atomic E-state index is 13.4. The molecule has 2 fully saturated rings. The second-order valence-electron chi connectivity index (χ2n) is 13.3. The van der Waals surface area contributed by atoms with E-state index in [9.17, 15) is 22.8 Å². The Hall–Kier alpha value is -3.70. The molecule has 250 valence electrons. The predicted molar refractivity (Wildman–Crippen MR) is 172 cm³/mol. The number of amides is 1. The summed E-state index contributed by atoms with van der Waals surface area (Å²) < 4.78 is 47.2. The molecule has 0 unspecified atom stereocenters. The third kappa shape index (κ3) is 8.06. The van der Waals surface area contributed by atoms with Crippen molar-refractivity contribution in [2.75, 3.05) is 19.6 Å². The van der Waals surface area contributed by atoms with Crippen molar-refractivity contribution in [2.24, 2.45) is 11.3 Å². The maximum absolute atomic E-state index is 13.4. The lowest BCUT2D eigenvalue weighted by molar-refractivity contribution is -0.908. The topological polar surface area (TPSA) is 94.5 Å². The lowest BCUT2D eigenvalue weighted by Crippen LogP contribution is -3.13. The van der Waals surface area contributed by atoms with Crippen LogP contribution < -0.4 is 15.6 Å². The van der Waals surface area contributed by atoms with Crippen molar-refractivity contribution in [3.05, 3.63) is 93.3 Å². The summed E-state index contributed by atoms with van der Waals surface area (Å²) in [6.45, 7) is 3.82. The molecule has 8 nitrogen and oxygen atoms in total. The fourth-order valence-electron chi connectivity index (χ4n) is 7.61. The average molecular weight is 671 g/mol. The van der Waals surface area contributed by atoms with Gasteiger partial charge < -0.3 is 14.6 Å². The van der Waals surface area contributed by atoms with E-state index < -0.39 is 23.1 Å². The third-order valence-corrected chi connectivity index (χ3v) is 10.5. The van der Waals surface area contributed by atoms with Crippen molar-refractivity contribution < 1.29 is 27.3 Å². The molecule has 47 heavy (non-hydrogen) atoms. The first kappa shape index (κ1) is 33.2. The number of carbonyl (C=O) groups is 1. The molecule has 1 saturated carbocycles. The molecule has 3 heterocycles. The van der Waals surface area contributed by atoms with Crippen LogP contribution in [0.15, 0.2) is 70.4 Å². The van der Waals surface area contributed by atoms with Crippen LogP contribution >= 0.6 is 11.6 Å². The Labute approximate surface area is 276 Å². The Morgan fingerprint density at radius 3 is 2.51 bits per heavy atom. The van der Waals surface area contributed by atoms with Gasteiger partial charge in [-0.05, 0) is 61.1 Å². The van der Waals surface area contributed by atoms with Crippen LogP contribution in [-0.4, -0.2) is 46.3 Å². The van der Waals surface area contributed by atoms with E-state index in [1.54, 1.807) is 6.33 Å². The van der Waals surface area contributed by atoms with Crippen LogP contribution in [0.2, 0.25) is 5.02 Å². The highest BCUT2D eigenvalue weighted by atomic mass is 35.5. The Balaban J connectivity index is 1.15. The van der Waals surface area contributed by atoms with Gasteiger partial charge in [-0.15, -0.1) is 0 Å². The van der Waals surface area contributed by atoms with E-state index in [2.05, 4.69) is 15.4 Å². The molecule has 0 radical (unpaired) electrons. The van der Waals surface area contributed by atoms with Gasteiger partial charge in [-0.25, -0.2) is 4.98 Å². The van der Waals surface area contributed by atoms with Crippen LogP contribution in [-0.2, 0) is 19.1 Å². The van der Waals surface area contributed by atoms with E-state index in [0.717, 1.165) is 68.8 Å². The van der Waals surface area contributed by atoms with Crippen molar-refractivity contribution >= 4 is 28.5 Å². The van der Waals surface area contributed by atoms with Gasteiger partial charge >= 0.3 is 6.18 Å². The van der Waals surface area contributed by atoms with Gasteiger partial charge in [0.05, 0.1) is 30.6 Å². The number of aromatic nitrogens is 3. The van der Waals surface area contributed by atoms with Gasteiger partial charge in [0.1, 0.15) is 18.2 Å². The number of halogens is 4. The quantitative estimate of drug-likeness (QED) is 0.225. The van der Waals surface area contributed by atoms with Gasteiger partial charge in [0.15, 0.2) is 11.2 Å². The third-order valence-electron chi connectivity index (χ3n) is 10.2. The standard InChI is InChI=1S/C35H39ClF3N5O3/c36-27-9-6-24(7-10-27)18-28(42-33(46)32-20-30(45)29-19-26(35(37,38)39)8-11-31(29)47-32)12-15-43-16-13-34(14-17-43,21-44-23-40-22-41-44)25-4-2-1-3-5-25/h6-11,19-20,22-23,25,28H,1-5,12-18,21H2,(H,42,46)/p+1/t28-/m1/s1. The minimum atomic E-state index is -4.60. The lowest BCUT2D eigenvalue weighted by atomic mass is 9.63. The number of quaternary nitrogens is 1. The zero-order valence-electron chi connectivity index (χ0n) is 26.2. The SMILES string of the molecule is O=C(N[C@H](CC[NH+]1CCC(Cn2cncn2)(C2CCCCC2)CC1)Cc1ccc(Cl)cc1)c1cc(=O)c2cc(C(F)(F)F)ccc2o1. The van der Waals surface area contributed by atoms with Crippen molar-refractivity contribution in [3.8, 4) is 0 Å². The number of hydrogen-bond acceptors (Lipinski definition) is 5. The first-order valence-corrected chi connectivity index (χ1v) is 16.8. The van der Waals surface area contributed by atoms with E-state index >= 15 is 0 Å². The molecular formula is C35H40ClF3N5O3+. The summed E-state index contributed by atoms with van der Waals surface area (Å²) in [5.74, 6) is -0.129. The highest BCUT2D eigenvalue weighted by molar-refractivity contribution is 6.30. The fourth-order valence-corrected chi connectivity index (χ4v) is 7.73. The number of alkyl halides is 3. The average Bonchev–Trinajstić information content (AvgIpc) is 3.58. The van der Waals surface area contributed by atoms with E-state index in [1.807, 2.05) is 35.3 Å². The van der Waals surface area contributed by atoms with E-state index in [-0.39, 0.29) is 28.2 Å². The molecule has 1 amide bonds. The highest BCUT2D eigenvalue weighted by Gasteiger charge is 2.44. The maximum Gasteiger partial charge on any atom is 0.416 e. The van der Waals surface area contributed by atoms with E-state index in [4.69, 9.17) is 16.0 Å². The number of rotatable bonds is 10. The lowest BCUT2D eigenvalue weighted by Gasteiger charge is -2.46. The normalized spacial score (nSPS) is 21.5. The first-order chi connectivity index (χ1) is 22.6. The molecule has 2 aromatic heterocycles. The zero-order chi connectivity index (χ0) is 33.0. The Morgan fingerprint density at radius 2 is 1.83 bits per heavy atom. The van der Waals surface area contributed by atoms with Gasteiger partial charge in [-0.2, -0.15) is 18.3 Å². The Kier molecular flexibility index (Phi) is 10.0. The minimum Gasteiger partial charge on any atom is -0.451 e. The monoisotopic (exact) mass is 670 g/mol. The van der Waals surface area contributed by atoms with Crippen LogP contribution in [0.1, 0.15) is 73.0 Å². The number of piperidine rings is 1. The second-order valence-corrected chi connectivity index (χ2v) is 13.7. The Bertz CT molecular complexity index is 1710. The van der Waals surface area contributed by atoms with Gasteiger partial charge in [-0.3, -0.25) is 14.3 Å². The molecule has 2 aromatic carbocycles. The number of nitrogens with zero attached hydrogens (tertiary/aromatic N) is 3. The summed E-state index contributed by atoms with van der Waals surface area (Å²) in [6, 6.07) is 10.8. The molecule has 1 atom stereocenters. The minimum absolute atomic E-state index is 0.0741. The number of hydrogen-bond donors (Lipinski definition) is 2. The van der Waals surface area contributed by atoms with Crippen LogP contribution in [0.25, 0.3) is 11.0 Å². The molecule has 1 saturated heterocycles. The van der Waals surface area contributed by atoms with E-state index in [1.165, 1.54) is 37.0 Å². The van der Waals surface area contributed by atoms with E-state index in [0.29, 0.717) is 23.8 Å². The van der Waals surface area contributed by atoms with Crippen LogP contribution in [0.3, 0.4) is 0 Å². The first-order valence-electron chi connectivity index (χ1n) is 16.4. The second kappa shape index (κ2) is 14.2. The molecule has 2 N–H and O–H groups in total. The Morgan fingerprint density at radius 1 is 1.09 bits per heavy atom. The molecular weight excluding hydrogens is 631 g/mol. The molecule has 6 rings (SSSR count). The molecule has 0 spiro atoms. The van der Waals surface area contributed by atoms with Crippen LogP contribution in [0.4, 0.5) is 13.2 Å². The largest absolute Gasteiger partial charge is 0.451 e. The van der Waals surface area contributed by atoms with Crippen molar-refractivity contribution in [2.45, 2.75) is 76.6 Å². The van der Waals surface area contributed by atoms with Crippen molar-refractivity contribution in [1.82, 2.24) is 20.1 Å². The zero-order valence-corrected chi connectivity index (χ0v) is 27.0. The summed E-state index contributed by atoms with van der Waals surface area (Å²) >= 11 is 6.11. The van der Waals surface area contributed by atoms with Gasteiger partial charge in [-0.1, -0.05) is 43.0 Å². The van der Waals surface area contributed by atoms with Crippen molar-refractivity contribution in [3.63, 3.8) is 0 Å². The van der Waals surface area contributed by atoms with Crippen LogP contribution in [0, 0.1) is 11.3 Å². The number of benzene rings is 2.